The number of fused-ring (bicyclic) bond motifs is 3. The van der Waals surface area contributed by atoms with E-state index in [1.54, 1.807) is 34.1 Å². The quantitative estimate of drug-likeness (QED) is 0.295. The van der Waals surface area contributed by atoms with Crippen LogP contribution in [0.25, 0.3) is 22.6 Å². The molecule has 1 aliphatic rings. The number of hydrogen-bond donors (Lipinski definition) is 3. The summed E-state index contributed by atoms with van der Waals surface area (Å²) in [5.41, 5.74) is 2.33. The van der Waals surface area contributed by atoms with Crippen molar-refractivity contribution in [3.05, 3.63) is 53.9 Å². The summed E-state index contributed by atoms with van der Waals surface area (Å²) >= 11 is 0. The fourth-order valence-electron chi connectivity index (χ4n) is 4.66. The van der Waals surface area contributed by atoms with Crippen molar-refractivity contribution in [2.24, 2.45) is 0 Å². The average molecular weight is 596 g/mol. The third-order valence-corrected chi connectivity index (χ3v) is 6.58. The number of carboxylic acids is 3. The van der Waals surface area contributed by atoms with E-state index in [2.05, 4.69) is 4.98 Å². The van der Waals surface area contributed by atoms with E-state index in [0.717, 1.165) is 11.8 Å². The predicted octanol–water partition coefficient (Wildman–Crippen LogP) is 3.36. The van der Waals surface area contributed by atoms with E-state index in [1.807, 2.05) is 19.1 Å². The largest absolute Gasteiger partial charge is 0.488 e. The summed E-state index contributed by atoms with van der Waals surface area (Å²) in [5.74, 6) is -2.69. The van der Waals surface area contributed by atoms with Crippen molar-refractivity contribution in [2.45, 2.75) is 6.92 Å². The van der Waals surface area contributed by atoms with Gasteiger partial charge in [-0.1, -0.05) is 6.07 Å². The van der Waals surface area contributed by atoms with Gasteiger partial charge in [0.25, 0.3) is 5.89 Å². The summed E-state index contributed by atoms with van der Waals surface area (Å²) in [6.07, 6.45) is 1.08. The van der Waals surface area contributed by atoms with Crippen LogP contribution in [-0.4, -0.2) is 90.8 Å². The minimum absolute atomic E-state index is 0.0258. The number of rotatable bonds is 6. The molecule has 43 heavy (non-hydrogen) atoms. The highest BCUT2D eigenvalue weighted by atomic mass is 16.5. The maximum absolute atomic E-state index is 11.8. The van der Waals surface area contributed by atoms with Gasteiger partial charge in [-0.25, -0.2) is 9.78 Å². The van der Waals surface area contributed by atoms with E-state index < -0.39 is 17.9 Å². The van der Waals surface area contributed by atoms with Crippen molar-refractivity contribution < 1.29 is 52.7 Å². The third-order valence-electron chi connectivity index (χ3n) is 6.58. The van der Waals surface area contributed by atoms with E-state index in [1.165, 1.54) is 0 Å². The van der Waals surface area contributed by atoms with Crippen LogP contribution in [-0.2, 0) is 14.3 Å². The van der Waals surface area contributed by atoms with E-state index >= 15 is 0 Å². The summed E-state index contributed by atoms with van der Waals surface area (Å²) < 4.78 is 29.1. The molecule has 14 nitrogen and oxygen atoms in total. The van der Waals surface area contributed by atoms with Gasteiger partial charge in [0.15, 0.2) is 5.76 Å². The highest BCUT2D eigenvalue weighted by Crippen LogP contribution is 2.37. The van der Waals surface area contributed by atoms with E-state index in [9.17, 15) is 24.6 Å². The molecular weight excluding hydrogens is 566 g/mol. The van der Waals surface area contributed by atoms with Gasteiger partial charge in [0, 0.05) is 24.5 Å². The van der Waals surface area contributed by atoms with Crippen molar-refractivity contribution >= 4 is 40.3 Å². The fraction of sp³-hybridized carbons (Fsp3) is 0.310. The zero-order valence-corrected chi connectivity index (χ0v) is 23.1. The Bertz CT molecular complexity index is 1640. The van der Waals surface area contributed by atoms with Crippen LogP contribution in [0, 0.1) is 6.92 Å². The first-order chi connectivity index (χ1) is 20.7. The second-order valence-corrected chi connectivity index (χ2v) is 9.71. The second-order valence-electron chi connectivity index (χ2n) is 9.71. The van der Waals surface area contributed by atoms with E-state index in [-0.39, 0.29) is 70.0 Å². The number of aliphatic carboxylic acids is 2. The molecule has 14 heteroatoms. The molecule has 3 N–H and O–H groups in total. The number of nitrogens with zero attached hydrogens (tertiary/aromatic N) is 3. The lowest BCUT2D eigenvalue weighted by Gasteiger charge is -2.26. The molecule has 4 aromatic rings. The molecule has 2 aromatic carbocycles. The minimum atomic E-state index is -1.27. The molecule has 1 aliphatic heterocycles. The molecule has 0 fully saturated rings. The van der Waals surface area contributed by atoms with Crippen LogP contribution in [0.1, 0.15) is 16.1 Å². The first kappa shape index (κ1) is 29.3. The highest BCUT2D eigenvalue weighted by Gasteiger charge is 2.22. The van der Waals surface area contributed by atoms with Crippen molar-refractivity contribution in [3.8, 4) is 23.1 Å². The average Bonchev–Trinajstić information content (AvgIpc) is 3.60. The number of oxazole rings is 1. The Morgan fingerprint density at radius 2 is 1.47 bits per heavy atom. The first-order valence-corrected chi connectivity index (χ1v) is 13.3. The molecule has 3 heterocycles. The minimum Gasteiger partial charge on any atom is -0.488 e. The van der Waals surface area contributed by atoms with Crippen LogP contribution < -0.4 is 19.3 Å². The van der Waals surface area contributed by atoms with Crippen LogP contribution in [0.5, 0.6) is 11.5 Å². The van der Waals surface area contributed by atoms with Gasteiger partial charge < -0.3 is 48.2 Å². The number of carbonyl (C=O) groups is 3. The Morgan fingerprint density at radius 1 is 0.814 bits per heavy atom. The highest BCUT2D eigenvalue weighted by molar-refractivity contribution is 5.89. The lowest BCUT2D eigenvalue weighted by Crippen LogP contribution is -2.35. The smallest absolute Gasteiger partial charge is 0.373 e. The number of carboxylic acid groups (broad SMARTS) is 3. The first-order valence-electron chi connectivity index (χ1n) is 13.3. The number of aromatic nitrogens is 1. The van der Waals surface area contributed by atoms with Crippen molar-refractivity contribution in [1.82, 2.24) is 4.98 Å². The van der Waals surface area contributed by atoms with Crippen molar-refractivity contribution in [3.63, 3.8) is 0 Å². The summed E-state index contributed by atoms with van der Waals surface area (Å²) in [5, 5.41) is 28.9. The number of aryl methyl sites for hydroxylation is 1. The topological polar surface area (TPSA) is 185 Å². The fourth-order valence-corrected chi connectivity index (χ4v) is 4.66. The summed E-state index contributed by atoms with van der Waals surface area (Å²) in [4.78, 5) is 41.8. The Labute approximate surface area is 244 Å². The van der Waals surface area contributed by atoms with Gasteiger partial charge in [0.1, 0.15) is 43.4 Å². The SMILES string of the molecule is Cc1ccc2c(c1)OCCOc1cc3cc(-c4ncc(C(=O)O)o4)oc3cc1N(CC(=O)O)CCOCCN2CC(=O)O. The van der Waals surface area contributed by atoms with Crippen molar-refractivity contribution in [2.75, 3.05) is 62.4 Å². The predicted molar refractivity (Wildman–Crippen MR) is 151 cm³/mol. The Morgan fingerprint density at radius 3 is 2.09 bits per heavy atom. The molecular formula is C29H29N3O11. The van der Waals surface area contributed by atoms with Crippen molar-refractivity contribution in [1.29, 1.82) is 0 Å². The molecule has 0 bridgehead atoms. The number of anilines is 2. The molecule has 2 aromatic heterocycles. The molecule has 0 radical (unpaired) electrons. The standard InChI is InChI=1S/C29H29N3O11/c1-17-2-3-19-22(10-17)40-8-9-41-23-11-18-12-24(28-30-14-25(43-28)29(37)38)42-21(18)13-20(23)32(16-27(35)36)5-7-39-6-4-31(19)15-26(33)34/h2-3,10-14H,4-9,15-16H2,1H3,(H,33,34)(H,35,36)(H,37,38). The number of furan rings is 1. The zero-order valence-electron chi connectivity index (χ0n) is 23.1. The monoisotopic (exact) mass is 595 g/mol. The Hall–Kier alpha value is -5.24. The molecule has 0 unspecified atom stereocenters. The number of ether oxygens (including phenoxy) is 3. The van der Waals surface area contributed by atoms with Crippen LogP contribution in [0.15, 0.2) is 51.4 Å². The summed E-state index contributed by atoms with van der Waals surface area (Å²) in [7, 11) is 0. The lowest BCUT2D eigenvalue weighted by molar-refractivity contribution is -0.136. The number of benzene rings is 2. The molecule has 0 atom stereocenters. The van der Waals surface area contributed by atoms with Gasteiger partial charge >= 0.3 is 17.9 Å². The van der Waals surface area contributed by atoms with E-state index in [4.69, 9.17) is 28.2 Å². The molecule has 0 amide bonds. The summed E-state index contributed by atoms with van der Waals surface area (Å²) in [6, 6.07) is 10.4. The molecule has 0 saturated heterocycles. The van der Waals surface area contributed by atoms with Gasteiger partial charge in [-0.15, -0.1) is 0 Å². The van der Waals surface area contributed by atoms with E-state index in [0.29, 0.717) is 33.8 Å². The van der Waals surface area contributed by atoms with Crippen LogP contribution >= 0.6 is 0 Å². The van der Waals surface area contributed by atoms with Gasteiger partial charge in [0.2, 0.25) is 5.76 Å². The van der Waals surface area contributed by atoms with Crippen LogP contribution in [0.2, 0.25) is 0 Å². The molecule has 0 aliphatic carbocycles. The third kappa shape index (κ3) is 6.98. The maximum Gasteiger partial charge on any atom is 0.373 e. The van der Waals surface area contributed by atoms with Gasteiger partial charge in [-0.05, 0) is 36.8 Å². The van der Waals surface area contributed by atoms with Gasteiger partial charge in [-0.3, -0.25) is 9.59 Å². The maximum atomic E-state index is 11.8. The number of hydrogen-bond acceptors (Lipinski definition) is 11. The van der Waals surface area contributed by atoms with Crippen LogP contribution in [0.3, 0.4) is 0 Å². The summed E-state index contributed by atoms with van der Waals surface area (Å²) in [6.45, 7) is 2.21. The molecule has 5 rings (SSSR count). The molecule has 0 spiro atoms. The normalized spacial score (nSPS) is 14.5. The number of aromatic carboxylic acids is 1. The Balaban J connectivity index is 1.48. The lowest BCUT2D eigenvalue weighted by atomic mass is 10.2. The van der Waals surface area contributed by atoms with Crippen LogP contribution in [0.4, 0.5) is 11.4 Å². The molecule has 0 saturated carbocycles. The van der Waals surface area contributed by atoms with Gasteiger partial charge in [0.05, 0.1) is 30.8 Å². The molecule has 226 valence electrons. The zero-order chi connectivity index (χ0) is 30.5. The Kier molecular flexibility index (Phi) is 8.66. The second kappa shape index (κ2) is 12.7. The van der Waals surface area contributed by atoms with Gasteiger partial charge in [-0.2, -0.15) is 0 Å².